The fourth-order valence-corrected chi connectivity index (χ4v) is 3.18. The lowest BCUT2D eigenvalue weighted by Crippen LogP contribution is -2.58. The van der Waals surface area contributed by atoms with Crippen LogP contribution < -0.4 is 21.7 Å². The number of amides is 3. The summed E-state index contributed by atoms with van der Waals surface area (Å²) in [5.41, 5.74) is 6.26. The van der Waals surface area contributed by atoms with E-state index in [0.29, 0.717) is 12.0 Å². The Morgan fingerprint density at radius 3 is 2.00 bits per heavy atom. The lowest BCUT2D eigenvalue weighted by Gasteiger charge is -2.26. The Morgan fingerprint density at radius 1 is 0.941 bits per heavy atom. The van der Waals surface area contributed by atoms with E-state index in [2.05, 4.69) is 28.6 Å². The van der Waals surface area contributed by atoms with Gasteiger partial charge in [0.15, 0.2) is 0 Å². The molecule has 0 aliphatic rings. The van der Waals surface area contributed by atoms with Crippen LogP contribution >= 0.6 is 12.6 Å². The number of hydrogen-bond acceptors (Lipinski definition) is 7. The molecule has 188 valence electrons. The third-order valence-electron chi connectivity index (χ3n) is 5.24. The van der Waals surface area contributed by atoms with E-state index in [1.807, 2.05) is 0 Å². The molecule has 0 heterocycles. The summed E-state index contributed by atoms with van der Waals surface area (Å²) in [6.45, 7) is 3.46. The van der Waals surface area contributed by atoms with Crippen LogP contribution in [-0.4, -0.2) is 69.8 Å². The van der Waals surface area contributed by atoms with Gasteiger partial charge in [0.1, 0.15) is 18.1 Å². The van der Waals surface area contributed by atoms with Gasteiger partial charge in [-0.15, -0.1) is 0 Å². The van der Waals surface area contributed by atoms with Crippen LogP contribution in [0.25, 0.3) is 0 Å². The summed E-state index contributed by atoms with van der Waals surface area (Å²) in [6.07, 6.45) is -0.249. The number of rotatable bonds is 14. The van der Waals surface area contributed by atoms with Gasteiger partial charge in [-0.05, 0) is 11.5 Å². The Morgan fingerprint density at radius 2 is 1.50 bits per heavy atom. The van der Waals surface area contributed by atoms with Crippen molar-refractivity contribution in [2.45, 2.75) is 57.3 Å². The van der Waals surface area contributed by atoms with Gasteiger partial charge >= 0.3 is 11.9 Å². The first-order chi connectivity index (χ1) is 16.0. The van der Waals surface area contributed by atoms with Crippen molar-refractivity contribution in [3.05, 3.63) is 35.9 Å². The van der Waals surface area contributed by atoms with Crippen LogP contribution in [0.15, 0.2) is 30.3 Å². The second-order valence-corrected chi connectivity index (χ2v) is 8.27. The van der Waals surface area contributed by atoms with Gasteiger partial charge < -0.3 is 31.9 Å². The maximum absolute atomic E-state index is 13.0. The maximum atomic E-state index is 13.0. The molecule has 0 fully saturated rings. The van der Waals surface area contributed by atoms with Gasteiger partial charge in [0.2, 0.25) is 17.7 Å². The zero-order valence-corrected chi connectivity index (χ0v) is 20.0. The fraction of sp³-hybridized carbons (Fsp3) is 0.500. The van der Waals surface area contributed by atoms with Crippen molar-refractivity contribution in [2.75, 3.05) is 5.75 Å². The van der Waals surface area contributed by atoms with Gasteiger partial charge in [-0.2, -0.15) is 12.6 Å². The summed E-state index contributed by atoms with van der Waals surface area (Å²) in [7, 11) is 0. The standard InChI is InChI=1S/C22H32N4O7S/c1-3-12(2)18(22(32)33)26-21(31)15(9-13-7-5-4-6-8-13)25-20(30)16(10-17(27)28)24-19(29)14(23)11-34/h4-8,12,14-16,18,34H,3,9-11,23H2,1-2H3,(H,24,29)(H,25,30)(H,26,31)(H,27,28)(H,32,33). The zero-order valence-electron chi connectivity index (χ0n) is 19.1. The monoisotopic (exact) mass is 496 g/mol. The van der Waals surface area contributed by atoms with Crippen molar-refractivity contribution in [3.8, 4) is 0 Å². The van der Waals surface area contributed by atoms with Crippen LogP contribution in [0.5, 0.6) is 0 Å². The molecule has 34 heavy (non-hydrogen) atoms. The van der Waals surface area contributed by atoms with Crippen LogP contribution in [0.4, 0.5) is 0 Å². The predicted octanol–water partition coefficient (Wildman–Crippen LogP) is -0.454. The number of nitrogens with two attached hydrogens (primary N) is 1. The first kappa shape index (κ1) is 28.9. The van der Waals surface area contributed by atoms with Crippen LogP contribution in [0.1, 0.15) is 32.3 Å². The fourth-order valence-electron chi connectivity index (χ4n) is 3.01. The molecule has 1 rings (SSSR count). The van der Waals surface area contributed by atoms with Gasteiger partial charge in [-0.1, -0.05) is 50.6 Å². The van der Waals surface area contributed by atoms with Crippen molar-refractivity contribution in [1.29, 1.82) is 0 Å². The highest BCUT2D eigenvalue weighted by molar-refractivity contribution is 7.80. The smallest absolute Gasteiger partial charge is 0.326 e. The Bertz CT molecular complexity index is 868. The van der Waals surface area contributed by atoms with Crippen LogP contribution in [-0.2, 0) is 30.4 Å². The summed E-state index contributed by atoms with van der Waals surface area (Å²) in [5.74, 6) is -5.43. The largest absolute Gasteiger partial charge is 0.481 e. The van der Waals surface area contributed by atoms with Gasteiger partial charge in [0.25, 0.3) is 0 Å². The molecule has 5 atom stereocenters. The van der Waals surface area contributed by atoms with Gasteiger partial charge in [-0.25, -0.2) is 4.79 Å². The molecule has 7 N–H and O–H groups in total. The molecule has 0 saturated heterocycles. The molecule has 5 unspecified atom stereocenters. The Balaban J connectivity index is 3.15. The number of hydrogen-bond donors (Lipinski definition) is 7. The lowest BCUT2D eigenvalue weighted by atomic mass is 9.98. The average Bonchev–Trinajstić information content (AvgIpc) is 2.80. The number of benzene rings is 1. The summed E-state index contributed by atoms with van der Waals surface area (Å²) in [6, 6.07) is 3.69. The lowest BCUT2D eigenvalue weighted by molar-refractivity contribution is -0.144. The normalized spacial score (nSPS) is 15.2. The van der Waals surface area contributed by atoms with E-state index in [1.54, 1.807) is 44.2 Å². The van der Waals surface area contributed by atoms with Crippen LogP contribution in [0, 0.1) is 5.92 Å². The minimum atomic E-state index is -1.51. The van der Waals surface area contributed by atoms with E-state index in [9.17, 15) is 29.1 Å². The molecule has 0 radical (unpaired) electrons. The zero-order chi connectivity index (χ0) is 25.8. The van der Waals surface area contributed by atoms with Gasteiger partial charge in [-0.3, -0.25) is 19.2 Å². The Labute approximate surface area is 203 Å². The highest BCUT2D eigenvalue weighted by atomic mass is 32.1. The summed E-state index contributed by atoms with van der Waals surface area (Å²) < 4.78 is 0. The van der Waals surface area contributed by atoms with Gasteiger partial charge in [0.05, 0.1) is 12.5 Å². The van der Waals surface area contributed by atoms with Crippen molar-refractivity contribution >= 4 is 42.3 Å². The average molecular weight is 497 g/mol. The maximum Gasteiger partial charge on any atom is 0.326 e. The van der Waals surface area contributed by atoms with E-state index in [4.69, 9.17) is 10.8 Å². The van der Waals surface area contributed by atoms with Crippen molar-refractivity contribution in [2.24, 2.45) is 11.7 Å². The van der Waals surface area contributed by atoms with Crippen LogP contribution in [0.3, 0.4) is 0 Å². The second-order valence-electron chi connectivity index (χ2n) is 7.91. The Kier molecular flexibility index (Phi) is 12.1. The third kappa shape index (κ3) is 9.40. The molecular weight excluding hydrogens is 464 g/mol. The van der Waals surface area contributed by atoms with Crippen molar-refractivity contribution in [3.63, 3.8) is 0 Å². The number of nitrogens with one attached hydrogen (secondary N) is 3. The molecule has 0 bridgehead atoms. The van der Waals surface area contributed by atoms with Crippen LogP contribution in [0.2, 0.25) is 0 Å². The van der Waals surface area contributed by atoms with E-state index in [1.165, 1.54) is 0 Å². The number of carboxylic acids is 2. The SMILES string of the molecule is CCC(C)C(NC(=O)C(Cc1ccccc1)NC(=O)C(CC(=O)O)NC(=O)C(N)CS)C(=O)O. The third-order valence-corrected chi connectivity index (χ3v) is 5.63. The summed E-state index contributed by atoms with van der Waals surface area (Å²) in [4.78, 5) is 60.9. The molecule has 11 nitrogen and oxygen atoms in total. The number of carbonyl (C=O) groups excluding carboxylic acids is 3. The quantitative estimate of drug-likeness (QED) is 0.169. The number of aliphatic carboxylic acids is 2. The highest BCUT2D eigenvalue weighted by Crippen LogP contribution is 2.10. The molecule has 3 amide bonds. The molecule has 0 aliphatic carbocycles. The minimum absolute atomic E-state index is 0.00908. The number of carboxylic acid groups (broad SMARTS) is 2. The molecule has 12 heteroatoms. The van der Waals surface area contributed by atoms with E-state index < -0.39 is 60.2 Å². The molecule has 0 spiro atoms. The second kappa shape index (κ2) is 14.2. The topological polar surface area (TPSA) is 188 Å². The summed E-state index contributed by atoms with van der Waals surface area (Å²) in [5, 5.41) is 25.8. The Hall–Kier alpha value is -3.12. The van der Waals surface area contributed by atoms with E-state index in [-0.39, 0.29) is 18.1 Å². The number of thiol groups is 1. The minimum Gasteiger partial charge on any atom is -0.481 e. The van der Waals surface area contributed by atoms with E-state index in [0.717, 1.165) is 0 Å². The van der Waals surface area contributed by atoms with E-state index >= 15 is 0 Å². The molecular formula is C22H32N4O7S. The summed E-state index contributed by atoms with van der Waals surface area (Å²) >= 11 is 3.91. The number of carbonyl (C=O) groups is 5. The van der Waals surface area contributed by atoms with Crippen molar-refractivity contribution < 1.29 is 34.2 Å². The van der Waals surface area contributed by atoms with Crippen molar-refractivity contribution in [1.82, 2.24) is 16.0 Å². The first-order valence-electron chi connectivity index (χ1n) is 10.8. The molecule has 1 aromatic rings. The molecule has 0 saturated carbocycles. The van der Waals surface area contributed by atoms with Gasteiger partial charge in [0, 0.05) is 12.2 Å². The molecule has 0 aromatic heterocycles. The molecule has 0 aliphatic heterocycles. The first-order valence-corrected chi connectivity index (χ1v) is 11.4. The predicted molar refractivity (Wildman–Crippen MR) is 127 cm³/mol. The molecule has 1 aromatic carbocycles. The highest BCUT2D eigenvalue weighted by Gasteiger charge is 2.32.